The summed E-state index contributed by atoms with van der Waals surface area (Å²) in [6.45, 7) is 5.15. The van der Waals surface area contributed by atoms with Crippen molar-refractivity contribution >= 4 is 5.69 Å². The Morgan fingerprint density at radius 1 is 1.43 bits per heavy atom. The van der Waals surface area contributed by atoms with E-state index < -0.39 is 11.0 Å². The molecule has 0 amide bonds. The van der Waals surface area contributed by atoms with Crippen molar-refractivity contribution < 1.29 is 14.8 Å². The summed E-state index contributed by atoms with van der Waals surface area (Å²) < 4.78 is 7.33. The standard InChI is InChI=1S/C14H17N3O4/c1-8-14(9(2)16(4)15-8)21-13-6-5-11(10(3)18)7-12(13)17(19)20/h5-7,10,18H,1-4H3/t10-/m0/s1. The molecular weight excluding hydrogens is 274 g/mol. The van der Waals surface area contributed by atoms with Crippen LogP contribution in [-0.2, 0) is 7.05 Å². The monoisotopic (exact) mass is 291 g/mol. The van der Waals surface area contributed by atoms with Crippen LogP contribution in [0.5, 0.6) is 11.5 Å². The fourth-order valence-corrected chi connectivity index (χ4v) is 2.04. The molecule has 0 aliphatic rings. The van der Waals surface area contributed by atoms with Crippen LogP contribution in [0.25, 0.3) is 0 Å². The second-order valence-corrected chi connectivity index (χ2v) is 4.89. The Kier molecular flexibility index (Phi) is 3.95. The zero-order chi connectivity index (χ0) is 15.7. The van der Waals surface area contributed by atoms with E-state index in [0.29, 0.717) is 17.0 Å². The highest BCUT2D eigenvalue weighted by Gasteiger charge is 2.21. The molecule has 0 aliphatic heterocycles. The molecule has 0 saturated heterocycles. The molecule has 2 aromatic rings. The van der Waals surface area contributed by atoms with Crippen LogP contribution < -0.4 is 4.74 Å². The minimum absolute atomic E-state index is 0.128. The van der Waals surface area contributed by atoms with Crippen molar-refractivity contribution in [1.82, 2.24) is 9.78 Å². The van der Waals surface area contributed by atoms with Crippen molar-refractivity contribution in [1.29, 1.82) is 0 Å². The van der Waals surface area contributed by atoms with Gasteiger partial charge in [-0.3, -0.25) is 14.8 Å². The van der Waals surface area contributed by atoms with E-state index in [1.165, 1.54) is 12.1 Å². The number of benzene rings is 1. The third-order valence-corrected chi connectivity index (χ3v) is 3.32. The first-order valence-electron chi connectivity index (χ1n) is 6.45. The zero-order valence-corrected chi connectivity index (χ0v) is 12.3. The van der Waals surface area contributed by atoms with E-state index in [0.717, 1.165) is 5.69 Å². The highest BCUT2D eigenvalue weighted by molar-refractivity contribution is 5.52. The molecular formula is C14H17N3O4. The van der Waals surface area contributed by atoms with Crippen molar-refractivity contribution in [3.63, 3.8) is 0 Å². The van der Waals surface area contributed by atoms with Crippen LogP contribution in [0.2, 0.25) is 0 Å². The summed E-state index contributed by atoms with van der Waals surface area (Å²) in [7, 11) is 1.78. The van der Waals surface area contributed by atoms with E-state index in [1.54, 1.807) is 31.6 Å². The number of rotatable bonds is 4. The molecule has 0 fully saturated rings. The maximum Gasteiger partial charge on any atom is 0.311 e. The van der Waals surface area contributed by atoms with E-state index in [4.69, 9.17) is 4.74 Å². The third-order valence-electron chi connectivity index (χ3n) is 3.32. The van der Waals surface area contributed by atoms with Gasteiger partial charge in [0.2, 0.25) is 5.75 Å². The Balaban J connectivity index is 2.46. The average Bonchev–Trinajstić information content (AvgIpc) is 2.65. The van der Waals surface area contributed by atoms with Gasteiger partial charge in [-0.15, -0.1) is 0 Å². The lowest BCUT2D eigenvalue weighted by Gasteiger charge is -2.09. The predicted octanol–water partition coefficient (Wildman–Crippen LogP) is 2.79. The molecule has 21 heavy (non-hydrogen) atoms. The van der Waals surface area contributed by atoms with Gasteiger partial charge in [0.25, 0.3) is 0 Å². The topological polar surface area (TPSA) is 90.4 Å². The van der Waals surface area contributed by atoms with Crippen LogP contribution >= 0.6 is 0 Å². The van der Waals surface area contributed by atoms with Gasteiger partial charge in [-0.1, -0.05) is 6.07 Å². The molecule has 1 heterocycles. The smallest absolute Gasteiger partial charge is 0.311 e. The first kappa shape index (κ1) is 15.0. The summed E-state index contributed by atoms with van der Waals surface area (Å²) in [5.74, 6) is 0.633. The SMILES string of the molecule is Cc1nn(C)c(C)c1Oc1ccc([C@H](C)O)cc1[N+](=O)[O-]. The summed E-state index contributed by atoms with van der Waals surface area (Å²) in [5.41, 5.74) is 1.72. The number of nitrogens with zero attached hydrogens (tertiary/aromatic N) is 3. The van der Waals surface area contributed by atoms with Gasteiger partial charge in [0, 0.05) is 13.1 Å². The molecule has 0 unspecified atom stereocenters. The maximum atomic E-state index is 11.2. The Morgan fingerprint density at radius 2 is 2.10 bits per heavy atom. The van der Waals surface area contributed by atoms with Crippen LogP contribution in [-0.4, -0.2) is 19.8 Å². The van der Waals surface area contributed by atoms with Crippen LogP contribution in [0.4, 0.5) is 5.69 Å². The van der Waals surface area contributed by atoms with Crippen LogP contribution in [0, 0.1) is 24.0 Å². The van der Waals surface area contributed by atoms with Crippen LogP contribution in [0.3, 0.4) is 0 Å². The summed E-state index contributed by atoms with van der Waals surface area (Å²) in [4.78, 5) is 10.7. The first-order valence-corrected chi connectivity index (χ1v) is 6.45. The second kappa shape index (κ2) is 5.53. The summed E-state index contributed by atoms with van der Waals surface area (Å²) >= 11 is 0. The maximum absolute atomic E-state index is 11.2. The highest BCUT2D eigenvalue weighted by atomic mass is 16.6. The van der Waals surface area contributed by atoms with E-state index in [1.807, 2.05) is 6.92 Å². The lowest BCUT2D eigenvalue weighted by atomic mass is 10.1. The number of ether oxygens (including phenoxy) is 1. The normalized spacial score (nSPS) is 12.2. The number of hydrogen-bond donors (Lipinski definition) is 1. The lowest BCUT2D eigenvalue weighted by Crippen LogP contribution is -1.98. The van der Waals surface area contributed by atoms with Crippen LogP contribution in [0.15, 0.2) is 18.2 Å². The number of aromatic nitrogens is 2. The van der Waals surface area contributed by atoms with Gasteiger partial charge in [-0.25, -0.2) is 0 Å². The Bertz CT molecular complexity index is 692. The fourth-order valence-electron chi connectivity index (χ4n) is 2.04. The van der Waals surface area contributed by atoms with Gasteiger partial charge >= 0.3 is 5.69 Å². The Morgan fingerprint density at radius 3 is 2.57 bits per heavy atom. The number of hydrogen-bond acceptors (Lipinski definition) is 5. The summed E-state index contributed by atoms with van der Waals surface area (Å²) in [5, 5.41) is 24.9. The predicted molar refractivity (Wildman–Crippen MR) is 76.5 cm³/mol. The molecule has 2 rings (SSSR count). The fraction of sp³-hybridized carbons (Fsp3) is 0.357. The summed E-state index contributed by atoms with van der Waals surface area (Å²) in [6, 6.07) is 4.42. The summed E-state index contributed by atoms with van der Waals surface area (Å²) in [6.07, 6.45) is -0.778. The second-order valence-electron chi connectivity index (χ2n) is 4.89. The van der Waals surface area contributed by atoms with Crippen molar-refractivity contribution in [2.75, 3.05) is 0 Å². The number of nitro groups is 1. The van der Waals surface area contributed by atoms with E-state index in [-0.39, 0.29) is 11.4 Å². The van der Waals surface area contributed by atoms with Gasteiger partial charge < -0.3 is 9.84 Å². The van der Waals surface area contributed by atoms with Crippen LogP contribution in [0.1, 0.15) is 30.0 Å². The lowest BCUT2D eigenvalue weighted by molar-refractivity contribution is -0.385. The minimum atomic E-state index is -0.778. The third kappa shape index (κ3) is 2.87. The van der Waals surface area contributed by atoms with Crippen molar-refractivity contribution in [2.45, 2.75) is 26.9 Å². The van der Waals surface area contributed by atoms with E-state index in [2.05, 4.69) is 5.10 Å². The molecule has 1 N–H and O–H groups in total. The van der Waals surface area contributed by atoms with Crippen molar-refractivity contribution in [3.8, 4) is 11.5 Å². The van der Waals surface area contributed by atoms with Gasteiger partial charge in [0.15, 0.2) is 5.75 Å². The molecule has 0 aliphatic carbocycles. The molecule has 0 saturated carbocycles. The largest absolute Gasteiger partial charge is 0.446 e. The minimum Gasteiger partial charge on any atom is -0.446 e. The number of nitro benzene ring substituents is 1. The van der Waals surface area contributed by atoms with Gasteiger partial charge in [-0.05, 0) is 32.4 Å². The van der Waals surface area contributed by atoms with E-state index >= 15 is 0 Å². The molecule has 7 nitrogen and oxygen atoms in total. The van der Waals surface area contributed by atoms with Gasteiger partial charge in [-0.2, -0.15) is 5.10 Å². The van der Waals surface area contributed by atoms with Gasteiger partial charge in [0.1, 0.15) is 5.69 Å². The molecule has 1 aromatic carbocycles. The molecule has 112 valence electrons. The zero-order valence-electron chi connectivity index (χ0n) is 12.3. The number of aryl methyl sites for hydroxylation is 2. The first-order chi connectivity index (χ1) is 9.81. The molecule has 0 spiro atoms. The molecule has 1 aromatic heterocycles. The molecule has 1 atom stereocenters. The van der Waals surface area contributed by atoms with Gasteiger partial charge in [0.05, 0.1) is 16.7 Å². The number of aliphatic hydroxyl groups is 1. The highest BCUT2D eigenvalue weighted by Crippen LogP contribution is 2.35. The van der Waals surface area contributed by atoms with Crippen molar-refractivity contribution in [3.05, 3.63) is 45.3 Å². The molecule has 0 bridgehead atoms. The Labute approximate surface area is 121 Å². The Hall–Kier alpha value is -2.41. The number of aliphatic hydroxyl groups excluding tert-OH is 1. The molecule has 7 heteroatoms. The average molecular weight is 291 g/mol. The molecule has 0 radical (unpaired) electrons. The quantitative estimate of drug-likeness (QED) is 0.691. The van der Waals surface area contributed by atoms with E-state index in [9.17, 15) is 15.2 Å². The van der Waals surface area contributed by atoms with Crippen molar-refractivity contribution in [2.24, 2.45) is 7.05 Å².